The van der Waals surface area contributed by atoms with Crippen LogP contribution in [0.1, 0.15) is 24.0 Å². The lowest BCUT2D eigenvalue weighted by Crippen LogP contribution is -2.19. The highest BCUT2D eigenvalue weighted by Crippen LogP contribution is 2.43. The largest absolute Gasteiger partial charge is 0.377 e. The highest BCUT2D eigenvalue weighted by atomic mass is 15.1. The van der Waals surface area contributed by atoms with E-state index in [4.69, 9.17) is 0 Å². The molecule has 0 spiro atoms. The maximum atomic E-state index is 10.1. The zero-order chi connectivity index (χ0) is 21.2. The van der Waals surface area contributed by atoms with Gasteiger partial charge in [-0.05, 0) is 34.9 Å². The topological polar surface area (TPSA) is 9.72 Å². The Morgan fingerprint density at radius 2 is 0.750 bits per heavy atom. The molecule has 0 fully saturated rings. The molecule has 3 aromatic rings. The first-order chi connectivity index (χ1) is 13.8. The van der Waals surface area contributed by atoms with E-state index < -0.39 is 5.89 Å². The minimum absolute atomic E-state index is 0.966. The van der Waals surface area contributed by atoms with Gasteiger partial charge < -0.3 is 14.7 Å². The molecule has 0 unspecified atom stereocenters. The van der Waals surface area contributed by atoms with E-state index in [1.54, 1.807) is 0 Å². The van der Waals surface area contributed by atoms with Gasteiger partial charge in [-0.2, -0.15) is 0 Å². The van der Waals surface area contributed by atoms with Crippen molar-refractivity contribution in [1.29, 1.82) is 0 Å². The van der Waals surface area contributed by atoms with Gasteiger partial charge in [-0.3, -0.25) is 0 Å². The quantitative estimate of drug-likeness (QED) is 0.558. The second-order valence-corrected chi connectivity index (χ2v) is 7.61. The predicted octanol–water partition coefficient (Wildman–Crippen LogP) is 5.06. The minimum Gasteiger partial charge on any atom is -0.377 e. The van der Waals surface area contributed by atoms with Gasteiger partial charge in [0.2, 0.25) is 0 Å². The van der Waals surface area contributed by atoms with Gasteiger partial charge in [-0.1, -0.05) is 54.6 Å². The fourth-order valence-corrected chi connectivity index (χ4v) is 3.66. The molecule has 0 aliphatic carbocycles. The van der Waals surface area contributed by atoms with Crippen molar-refractivity contribution in [2.45, 2.75) is 5.89 Å². The van der Waals surface area contributed by atoms with E-state index in [9.17, 15) is 1.37 Å². The number of para-hydroxylation sites is 3. The molecule has 3 rings (SSSR count). The van der Waals surface area contributed by atoms with Gasteiger partial charge in [0.25, 0.3) is 0 Å². The van der Waals surface area contributed by atoms with Gasteiger partial charge in [-0.15, -0.1) is 0 Å². The average molecular weight is 375 g/mol. The van der Waals surface area contributed by atoms with Crippen molar-refractivity contribution >= 4 is 17.1 Å². The Hall–Kier alpha value is -2.94. The molecule has 146 valence electrons. The minimum atomic E-state index is -1.08. The third kappa shape index (κ3) is 3.84. The van der Waals surface area contributed by atoms with Crippen molar-refractivity contribution in [3.8, 4) is 0 Å². The first-order valence-corrected chi connectivity index (χ1v) is 9.59. The van der Waals surface area contributed by atoms with Crippen molar-refractivity contribution in [2.24, 2.45) is 0 Å². The Kier molecular flexibility index (Phi) is 5.52. The molecule has 0 saturated heterocycles. The van der Waals surface area contributed by atoms with Crippen LogP contribution in [0.25, 0.3) is 0 Å². The number of nitrogens with zero attached hydrogens (tertiary/aromatic N) is 3. The van der Waals surface area contributed by atoms with E-state index in [0.717, 1.165) is 33.8 Å². The molecule has 0 aromatic heterocycles. The van der Waals surface area contributed by atoms with E-state index in [2.05, 4.69) is 51.1 Å². The summed E-state index contributed by atoms with van der Waals surface area (Å²) in [5.41, 5.74) is 6.04. The zero-order valence-corrected chi connectivity index (χ0v) is 17.8. The van der Waals surface area contributed by atoms with E-state index >= 15 is 0 Å². The van der Waals surface area contributed by atoms with Crippen LogP contribution >= 0.6 is 0 Å². The lowest BCUT2D eigenvalue weighted by molar-refractivity contribution is 0.932. The molecule has 0 N–H and O–H groups in total. The standard InChI is InChI=1S/C25H31N3/c1-26(2)22-16-10-7-13-19(22)25(20-14-8-11-17-23(20)27(3)4)21-15-9-12-18-24(21)28(5)6/h7-18,25H,1-6H3/i25D. The maximum absolute atomic E-state index is 10.1. The van der Waals surface area contributed by atoms with Gasteiger partial charge in [0.1, 0.15) is 0 Å². The zero-order valence-electron chi connectivity index (χ0n) is 18.8. The van der Waals surface area contributed by atoms with Crippen LogP contribution in [0.4, 0.5) is 17.1 Å². The van der Waals surface area contributed by atoms with Gasteiger partial charge in [-0.25, -0.2) is 0 Å². The molecule has 0 aliphatic heterocycles. The van der Waals surface area contributed by atoms with Gasteiger partial charge >= 0.3 is 0 Å². The van der Waals surface area contributed by atoms with Crippen LogP contribution < -0.4 is 14.7 Å². The SMILES string of the molecule is [2H]C(c1ccccc1N(C)C)(c1ccccc1N(C)C)c1ccccc1N(C)C. The summed E-state index contributed by atoms with van der Waals surface area (Å²) in [5, 5.41) is 0. The summed E-state index contributed by atoms with van der Waals surface area (Å²) in [7, 11) is 12.2. The fraction of sp³-hybridized carbons (Fsp3) is 0.280. The summed E-state index contributed by atoms with van der Waals surface area (Å²) in [6.07, 6.45) is 0. The second kappa shape index (κ2) is 8.39. The molecule has 0 amide bonds. The normalized spacial score (nSPS) is 11.7. The lowest BCUT2D eigenvalue weighted by Gasteiger charge is -2.31. The first kappa shape index (κ1) is 18.4. The van der Waals surface area contributed by atoms with Crippen molar-refractivity contribution in [2.75, 3.05) is 57.0 Å². The molecule has 0 bridgehead atoms. The molecule has 0 atom stereocenters. The highest BCUT2D eigenvalue weighted by Gasteiger charge is 2.26. The van der Waals surface area contributed by atoms with E-state index in [1.165, 1.54) is 0 Å². The molecule has 28 heavy (non-hydrogen) atoms. The Labute approximate surface area is 171 Å². The molecular weight excluding hydrogens is 342 g/mol. The van der Waals surface area contributed by atoms with Gasteiger partial charge in [0.05, 0.1) is 0 Å². The Bertz CT molecular complexity index is 854. The van der Waals surface area contributed by atoms with Crippen molar-refractivity contribution < 1.29 is 1.37 Å². The third-order valence-corrected chi connectivity index (χ3v) is 4.97. The summed E-state index contributed by atoms with van der Waals surface area (Å²) in [6, 6.07) is 24.7. The Balaban J connectivity index is 2.46. The second-order valence-electron chi connectivity index (χ2n) is 7.61. The van der Waals surface area contributed by atoms with Gasteiger partial charge in [0, 0.05) is 66.6 Å². The third-order valence-electron chi connectivity index (χ3n) is 4.97. The number of anilines is 3. The molecule has 3 heteroatoms. The number of hydrogen-bond acceptors (Lipinski definition) is 3. The molecule has 0 saturated carbocycles. The summed E-state index contributed by atoms with van der Waals surface area (Å²) >= 11 is 0. The number of rotatable bonds is 6. The summed E-state index contributed by atoms with van der Waals surface area (Å²) in [6.45, 7) is 0. The smallest absolute Gasteiger partial charge is 0.0455 e. The highest BCUT2D eigenvalue weighted by molar-refractivity contribution is 5.69. The van der Waals surface area contributed by atoms with Crippen LogP contribution in [0.3, 0.4) is 0 Å². The first-order valence-electron chi connectivity index (χ1n) is 10.1. The predicted molar refractivity (Wildman–Crippen MR) is 123 cm³/mol. The van der Waals surface area contributed by atoms with Crippen LogP contribution in [-0.2, 0) is 0 Å². The van der Waals surface area contributed by atoms with E-state index in [0.29, 0.717) is 0 Å². The molecule has 3 aromatic carbocycles. The van der Waals surface area contributed by atoms with Crippen molar-refractivity contribution in [3.05, 3.63) is 89.5 Å². The molecule has 3 nitrogen and oxygen atoms in total. The average Bonchev–Trinajstić information content (AvgIpc) is 2.73. The molecule has 0 radical (unpaired) electrons. The van der Waals surface area contributed by atoms with Crippen LogP contribution in [0.2, 0.25) is 0 Å². The Morgan fingerprint density at radius 1 is 0.500 bits per heavy atom. The summed E-state index contributed by atoms with van der Waals surface area (Å²) in [5.74, 6) is -1.08. The van der Waals surface area contributed by atoms with Crippen LogP contribution in [0.5, 0.6) is 0 Å². The Morgan fingerprint density at radius 3 is 1.00 bits per heavy atom. The monoisotopic (exact) mass is 374 g/mol. The lowest BCUT2D eigenvalue weighted by atomic mass is 9.82. The van der Waals surface area contributed by atoms with Crippen LogP contribution in [0, 0.1) is 0 Å². The van der Waals surface area contributed by atoms with Crippen LogP contribution in [-0.4, -0.2) is 42.3 Å². The molecular formula is C25H31N3. The van der Waals surface area contributed by atoms with E-state index in [-0.39, 0.29) is 0 Å². The number of hydrogen-bond donors (Lipinski definition) is 0. The van der Waals surface area contributed by atoms with Crippen molar-refractivity contribution in [3.63, 3.8) is 0 Å². The van der Waals surface area contributed by atoms with E-state index in [1.807, 2.05) is 78.7 Å². The van der Waals surface area contributed by atoms with Crippen molar-refractivity contribution in [1.82, 2.24) is 0 Å². The molecule has 0 aliphatic rings. The molecule has 0 heterocycles. The summed E-state index contributed by atoms with van der Waals surface area (Å²) < 4.78 is 10.1. The maximum Gasteiger partial charge on any atom is 0.0455 e. The van der Waals surface area contributed by atoms with Gasteiger partial charge in [0.15, 0.2) is 0 Å². The summed E-state index contributed by atoms with van der Waals surface area (Å²) in [4.78, 5) is 6.28. The fourth-order valence-electron chi connectivity index (χ4n) is 3.66. The number of benzene rings is 3. The van der Waals surface area contributed by atoms with Crippen LogP contribution in [0.15, 0.2) is 72.8 Å².